The number of likely N-dealkylation sites (tertiary alicyclic amines) is 1. The molecule has 0 spiro atoms. The summed E-state index contributed by atoms with van der Waals surface area (Å²) in [5, 5.41) is 4.03. The second-order valence-corrected chi connectivity index (χ2v) is 7.24. The molecule has 1 aliphatic heterocycles. The molecule has 0 saturated carbocycles. The summed E-state index contributed by atoms with van der Waals surface area (Å²) >= 11 is 0. The Bertz CT molecular complexity index is 1100. The van der Waals surface area contributed by atoms with Gasteiger partial charge in [-0.2, -0.15) is 18.3 Å². The molecule has 2 aliphatic rings. The molecule has 5 rings (SSSR count). The van der Waals surface area contributed by atoms with Gasteiger partial charge >= 0.3 is 6.18 Å². The number of carbonyl (C=O) groups excluding carboxylic acids is 1. The first-order chi connectivity index (χ1) is 13.4. The van der Waals surface area contributed by atoms with Crippen LogP contribution in [0.25, 0.3) is 16.9 Å². The van der Waals surface area contributed by atoms with E-state index in [4.69, 9.17) is 0 Å². The van der Waals surface area contributed by atoms with E-state index < -0.39 is 11.9 Å². The van der Waals surface area contributed by atoms with Crippen LogP contribution in [0.4, 0.5) is 13.2 Å². The lowest BCUT2D eigenvalue weighted by Gasteiger charge is -2.23. The van der Waals surface area contributed by atoms with E-state index in [0.29, 0.717) is 30.8 Å². The van der Waals surface area contributed by atoms with Gasteiger partial charge in [-0.25, -0.2) is 9.50 Å². The SMILES string of the molecule is O=C(c1cc2nc3c(c(C(F)(F)F)n2n1)CCc1ccccc1-3)N1CCCC1. The second-order valence-electron chi connectivity index (χ2n) is 7.24. The topological polar surface area (TPSA) is 50.5 Å². The van der Waals surface area contributed by atoms with Crippen LogP contribution in [0.15, 0.2) is 30.3 Å². The highest BCUT2D eigenvalue weighted by Crippen LogP contribution is 2.40. The first-order valence-electron chi connectivity index (χ1n) is 9.31. The summed E-state index contributed by atoms with van der Waals surface area (Å²) in [6.07, 6.45) is -2.05. The Hall–Kier alpha value is -2.90. The van der Waals surface area contributed by atoms with Crippen molar-refractivity contribution >= 4 is 11.6 Å². The molecule has 8 heteroatoms. The number of halogens is 3. The number of aryl methyl sites for hydroxylation is 1. The maximum Gasteiger partial charge on any atom is 0.433 e. The highest BCUT2D eigenvalue weighted by Gasteiger charge is 2.40. The van der Waals surface area contributed by atoms with E-state index in [2.05, 4.69) is 10.1 Å². The number of hydrogen-bond acceptors (Lipinski definition) is 3. The number of hydrogen-bond donors (Lipinski definition) is 0. The highest BCUT2D eigenvalue weighted by atomic mass is 19.4. The number of nitrogens with zero attached hydrogens (tertiary/aromatic N) is 4. The van der Waals surface area contributed by atoms with Crippen molar-refractivity contribution in [3.05, 3.63) is 52.8 Å². The number of aromatic nitrogens is 3. The zero-order valence-electron chi connectivity index (χ0n) is 15.0. The Kier molecular flexibility index (Phi) is 3.72. The van der Waals surface area contributed by atoms with Crippen molar-refractivity contribution in [1.29, 1.82) is 0 Å². The molecule has 2 aromatic heterocycles. The summed E-state index contributed by atoms with van der Waals surface area (Å²) in [5.41, 5.74) is 1.39. The van der Waals surface area contributed by atoms with E-state index >= 15 is 0 Å². The van der Waals surface area contributed by atoms with Crippen molar-refractivity contribution in [3.8, 4) is 11.3 Å². The summed E-state index contributed by atoms with van der Waals surface area (Å²) in [4.78, 5) is 18.8. The van der Waals surface area contributed by atoms with Crippen molar-refractivity contribution in [2.24, 2.45) is 0 Å². The molecule has 0 atom stereocenters. The Labute approximate surface area is 158 Å². The quantitative estimate of drug-likeness (QED) is 0.640. The van der Waals surface area contributed by atoms with Gasteiger partial charge in [0.05, 0.1) is 5.69 Å². The summed E-state index contributed by atoms with van der Waals surface area (Å²) in [6.45, 7) is 1.21. The molecular weight excluding hydrogens is 369 g/mol. The first-order valence-corrected chi connectivity index (χ1v) is 9.31. The smallest absolute Gasteiger partial charge is 0.337 e. The van der Waals surface area contributed by atoms with Crippen molar-refractivity contribution in [2.45, 2.75) is 31.9 Å². The average molecular weight is 386 g/mol. The van der Waals surface area contributed by atoms with Gasteiger partial charge in [-0.3, -0.25) is 4.79 Å². The predicted molar refractivity (Wildman–Crippen MR) is 96.0 cm³/mol. The maximum absolute atomic E-state index is 14.0. The van der Waals surface area contributed by atoms with Crippen LogP contribution in [-0.4, -0.2) is 38.5 Å². The fraction of sp³-hybridized carbons (Fsp3) is 0.350. The normalized spacial score (nSPS) is 16.3. The van der Waals surface area contributed by atoms with Gasteiger partial charge in [-0.1, -0.05) is 24.3 Å². The molecule has 3 aromatic rings. The molecule has 1 saturated heterocycles. The van der Waals surface area contributed by atoms with Gasteiger partial charge in [0.1, 0.15) is 0 Å². The number of alkyl halides is 3. The van der Waals surface area contributed by atoms with Crippen LogP contribution in [0, 0.1) is 0 Å². The summed E-state index contributed by atoms with van der Waals surface area (Å²) in [6, 6.07) is 8.75. The molecule has 1 fully saturated rings. The van der Waals surface area contributed by atoms with Crippen LogP contribution < -0.4 is 0 Å². The molecule has 1 amide bonds. The van der Waals surface area contributed by atoms with Crippen molar-refractivity contribution in [3.63, 3.8) is 0 Å². The van der Waals surface area contributed by atoms with Gasteiger partial charge in [-0.15, -0.1) is 0 Å². The van der Waals surface area contributed by atoms with E-state index in [9.17, 15) is 18.0 Å². The standard InChI is InChI=1S/C20H17F3N4O/c21-20(22,23)18-14-8-7-12-5-1-2-6-13(12)17(14)24-16-11-15(25-27(16)18)19(28)26-9-3-4-10-26/h1-2,5-6,11H,3-4,7-10H2. The lowest BCUT2D eigenvalue weighted by Crippen LogP contribution is -2.28. The third-order valence-corrected chi connectivity index (χ3v) is 5.50. The molecule has 3 heterocycles. The van der Waals surface area contributed by atoms with E-state index in [-0.39, 0.29) is 29.2 Å². The average Bonchev–Trinajstić information content (AvgIpc) is 3.34. The molecule has 0 radical (unpaired) electrons. The number of carbonyl (C=O) groups is 1. The third-order valence-electron chi connectivity index (χ3n) is 5.50. The lowest BCUT2D eigenvalue weighted by molar-refractivity contribution is -0.143. The Morgan fingerprint density at radius 2 is 1.82 bits per heavy atom. The summed E-state index contributed by atoms with van der Waals surface area (Å²) in [5.74, 6) is -0.338. The second kappa shape index (κ2) is 6.05. The molecule has 1 aliphatic carbocycles. The highest BCUT2D eigenvalue weighted by molar-refractivity contribution is 5.93. The van der Waals surface area contributed by atoms with Gasteiger partial charge in [0.25, 0.3) is 5.91 Å². The van der Waals surface area contributed by atoms with Crippen LogP contribution in [0.5, 0.6) is 0 Å². The third kappa shape index (κ3) is 2.58. The molecule has 5 nitrogen and oxygen atoms in total. The first kappa shape index (κ1) is 17.2. The number of fused-ring (bicyclic) bond motifs is 4. The van der Waals surface area contributed by atoms with Gasteiger partial charge in [0.15, 0.2) is 17.0 Å². The van der Waals surface area contributed by atoms with Crippen molar-refractivity contribution < 1.29 is 18.0 Å². The fourth-order valence-corrected chi connectivity index (χ4v) is 4.20. The van der Waals surface area contributed by atoms with Crippen molar-refractivity contribution in [1.82, 2.24) is 19.5 Å². The fourth-order valence-electron chi connectivity index (χ4n) is 4.20. The summed E-state index contributed by atoms with van der Waals surface area (Å²) in [7, 11) is 0. The molecular formula is C20H17F3N4O. The zero-order chi connectivity index (χ0) is 19.5. The minimum absolute atomic E-state index is 0.00975. The van der Waals surface area contributed by atoms with E-state index in [0.717, 1.165) is 22.9 Å². The molecule has 0 bridgehead atoms. The zero-order valence-corrected chi connectivity index (χ0v) is 15.0. The van der Waals surface area contributed by atoms with E-state index in [1.165, 1.54) is 6.07 Å². The molecule has 0 unspecified atom stereocenters. The van der Waals surface area contributed by atoms with Gasteiger partial charge in [-0.05, 0) is 31.2 Å². The lowest BCUT2D eigenvalue weighted by atomic mass is 9.88. The van der Waals surface area contributed by atoms with Crippen LogP contribution in [0.1, 0.15) is 40.2 Å². The largest absolute Gasteiger partial charge is 0.433 e. The van der Waals surface area contributed by atoms with Crippen LogP contribution >= 0.6 is 0 Å². The number of rotatable bonds is 1. The van der Waals surface area contributed by atoms with Crippen molar-refractivity contribution in [2.75, 3.05) is 13.1 Å². The molecule has 28 heavy (non-hydrogen) atoms. The van der Waals surface area contributed by atoms with Gasteiger partial charge in [0.2, 0.25) is 0 Å². The Morgan fingerprint density at radius 3 is 2.57 bits per heavy atom. The van der Waals surface area contributed by atoms with E-state index in [1.54, 1.807) is 17.0 Å². The Morgan fingerprint density at radius 1 is 1.07 bits per heavy atom. The molecule has 1 aromatic carbocycles. The number of benzene rings is 1. The maximum atomic E-state index is 14.0. The monoisotopic (exact) mass is 386 g/mol. The minimum Gasteiger partial charge on any atom is -0.337 e. The van der Waals surface area contributed by atoms with Crippen LogP contribution in [-0.2, 0) is 19.0 Å². The van der Waals surface area contributed by atoms with Crippen LogP contribution in [0.2, 0.25) is 0 Å². The summed E-state index contributed by atoms with van der Waals surface area (Å²) < 4.78 is 42.8. The predicted octanol–water partition coefficient (Wildman–Crippen LogP) is 3.75. The van der Waals surface area contributed by atoms with Gasteiger partial charge in [0, 0.05) is 30.3 Å². The van der Waals surface area contributed by atoms with Gasteiger partial charge < -0.3 is 4.90 Å². The molecule has 0 N–H and O–H groups in total. The Balaban J connectivity index is 1.74. The molecule has 144 valence electrons. The van der Waals surface area contributed by atoms with E-state index in [1.807, 2.05) is 12.1 Å². The minimum atomic E-state index is -4.60. The van der Waals surface area contributed by atoms with Crippen LogP contribution in [0.3, 0.4) is 0 Å². The number of amides is 1.